The molecule has 5 rings (SSSR count). The fraction of sp³-hybridized carbons (Fsp3) is 0. The molecule has 0 radical (unpaired) electrons. The van der Waals surface area contributed by atoms with Crippen molar-refractivity contribution in [3.63, 3.8) is 0 Å². The summed E-state index contributed by atoms with van der Waals surface area (Å²) in [7, 11) is 0. The number of H-pyrrole nitrogens is 3. The Morgan fingerprint density at radius 1 is 0.852 bits per heavy atom. The van der Waals surface area contributed by atoms with E-state index in [1.54, 1.807) is 18.3 Å². The van der Waals surface area contributed by atoms with Crippen LogP contribution in [0.2, 0.25) is 0 Å². The van der Waals surface area contributed by atoms with Gasteiger partial charge in [0.15, 0.2) is 0 Å². The molecule has 0 aliphatic rings. The molecule has 0 bridgehead atoms. The van der Waals surface area contributed by atoms with Crippen LogP contribution in [-0.2, 0) is 0 Å². The summed E-state index contributed by atoms with van der Waals surface area (Å²) in [6.07, 6.45) is 3.59. The Labute approximate surface area is 153 Å². The number of para-hydroxylation sites is 1. The van der Waals surface area contributed by atoms with Crippen molar-refractivity contribution in [1.82, 2.24) is 15.0 Å². The third kappa shape index (κ3) is 2.31. The number of rotatable bonds is 3. The van der Waals surface area contributed by atoms with Gasteiger partial charge in [0.1, 0.15) is 5.69 Å². The van der Waals surface area contributed by atoms with E-state index >= 15 is 0 Å². The van der Waals surface area contributed by atoms with Gasteiger partial charge in [0.2, 0.25) is 0 Å². The van der Waals surface area contributed by atoms with Crippen LogP contribution in [0.25, 0.3) is 44.2 Å². The molecule has 132 valence electrons. The van der Waals surface area contributed by atoms with Gasteiger partial charge in [0, 0.05) is 56.6 Å². The highest BCUT2D eigenvalue weighted by Crippen LogP contribution is 2.37. The molecule has 0 spiro atoms. The molecule has 2 aromatic carbocycles. The molecule has 0 saturated carbocycles. The molecule has 0 aliphatic carbocycles. The van der Waals surface area contributed by atoms with E-state index in [-0.39, 0.29) is 11.4 Å². The van der Waals surface area contributed by atoms with Gasteiger partial charge in [-0.2, -0.15) is 0 Å². The van der Waals surface area contributed by atoms with Crippen LogP contribution < -0.4 is 5.11 Å². The van der Waals surface area contributed by atoms with E-state index < -0.39 is 5.97 Å². The Bertz CT molecular complexity index is 1320. The molecule has 0 saturated heterocycles. The molecule has 3 aromatic heterocycles. The summed E-state index contributed by atoms with van der Waals surface area (Å²) < 4.78 is 0. The molecule has 0 amide bonds. The maximum atomic E-state index is 11.9. The number of carbonyl (C=O) groups is 1. The minimum absolute atomic E-state index is 0.0924. The average molecular weight is 356 g/mol. The van der Waals surface area contributed by atoms with Crippen molar-refractivity contribution in [2.75, 3.05) is 0 Å². The second-order valence-corrected chi connectivity index (χ2v) is 6.43. The standard InChI is InChI=1S/C21H15N3O3/c25-11-5-6-18-13(7-11)16(10-23-18)19-8-14(20(24-19)21(26)27)15-9-22-17-4-2-1-3-12(15)17/h1-10,22-25H,(H,26,27)/p-1. The Kier molecular flexibility index (Phi) is 3.14. The summed E-state index contributed by atoms with van der Waals surface area (Å²) in [5.41, 5.74) is 4.69. The summed E-state index contributed by atoms with van der Waals surface area (Å²) in [5.74, 6) is -1.13. The number of carboxylic acids is 1. The van der Waals surface area contributed by atoms with E-state index in [9.17, 15) is 15.0 Å². The molecule has 4 N–H and O–H groups in total. The number of hydrogen-bond acceptors (Lipinski definition) is 2. The minimum Gasteiger partial charge on any atom is -0.872 e. The van der Waals surface area contributed by atoms with Crippen molar-refractivity contribution in [2.24, 2.45) is 0 Å². The summed E-state index contributed by atoms with van der Waals surface area (Å²) >= 11 is 0. The third-order valence-electron chi connectivity index (χ3n) is 4.85. The Balaban J connectivity index is 1.75. The topological polar surface area (TPSA) is 108 Å². The molecule has 6 heteroatoms. The fourth-order valence-corrected chi connectivity index (χ4v) is 3.60. The van der Waals surface area contributed by atoms with E-state index in [0.29, 0.717) is 11.3 Å². The lowest BCUT2D eigenvalue weighted by Crippen LogP contribution is -1.98. The van der Waals surface area contributed by atoms with Crippen molar-refractivity contribution in [1.29, 1.82) is 0 Å². The highest BCUT2D eigenvalue weighted by Gasteiger charge is 2.20. The second-order valence-electron chi connectivity index (χ2n) is 6.43. The average Bonchev–Trinajstić information content (AvgIpc) is 3.36. The number of fused-ring (bicyclic) bond motifs is 2. The normalized spacial score (nSPS) is 11.4. The van der Waals surface area contributed by atoms with E-state index in [0.717, 1.165) is 32.9 Å². The maximum Gasteiger partial charge on any atom is 0.352 e. The second kappa shape index (κ2) is 5.54. The van der Waals surface area contributed by atoms with Gasteiger partial charge in [-0.05, 0) is 18.2 Å². The number of aromatic amines is 3. The lowest BCUT2D eigenvalue weighted by Gasteiger charge is -2.04. The fourth-order valence-electron chi connectivity index (χ4n) is 3.60. The zero-order valence-electron chi connectivity index (χ0n) is 14.0. The van der Waals surface area contributed by atoms with Crippen molar-refractivity contribution >= 4 is 27.8 Å². The van der Waals surface area contributed by atoms with E-state index in [2.05, 4.69) is 15.0 Å². The van der Waals surface area contributed by atoms with Crippen molar-refractivity contribution in [2.45, 2.75) is 0 Å². The van der Waals surface area contributed by atoms with Crippen LogP contribution in [0.5, 0.6) is 5.75 Å². The number of aromatic carboxylic acids is 1. The van der Waals surface area contributed by atoms with Gasteiger partial charge >= 0.3 is 5.97 Å². The van der Waals surface area contributed by atoms with Crippen LogP contribution in [-0.4, -0.2) is 26.0 Å². The number of carboxylic acid groups (broad SMARTS) is 1. The summed E-state index contributed by atoms with van der Waals surface area (Å²) in [6, 6.07) is 14.3. The molecule has 0 fully saturated rings. The van der Waals surface area contributed by atoms with Crippen LogP contribution in [0.4, 0.5) is 0 Å². The summed E-state index contributed by atoms with van der Waals surface area (Å²) in [6.45, 7) is 0. The lowest BCUT2D eigenvalue weighted by atomic mass is 10.0. The Hall–Kier alpha value is -3.93. The Morgan fingerprint density at radius 2 is 1.59 bits per heavy atom. The first kappa shape index (κ1) is 15.3. The highest BCUT2D eigenvalue weighted by atomic mass is 16.4. The van der Waals surface area contributed by atoms with Gasteiger partial charge in [0.05, 0.1) is 0 Å². The zero-order chi connectivity index (χ0) is 18.5. The SMILES string of the molecule is O=C(O)c1[nH]c(-c2c[nH]c3ccc([O-])cc23)cc1-c1c[nH]c2ccccc12. The van der Waals surface area contributed by atoms with E-state index in [4.69, 9.17) is 0 Å². The lowest BCUT2D eigenvalue weighted by molar-refractivity contribution is -0.268. The first-order valence-corrected chi connectivity index (χ1v) is 8.43. The van der Waals surface area contributed by atoms with Crippen LogP contribution in [0.1, 0.15) is 10.5 Å². The molecule has 6 nitrogen and oxygen atoms in total. The monoisotopic (exact) mass is 356 g/mol. The minimum atomic E-state index is -1.04. The van der Waals surface area contributed by atoms with Gasteiger partial charge < -0.3 is 25.2 Å². The van der Waals surface area contributed by atoms with Crippen LogP contribution in [0, 0.1) is 0 Å². The van der Waals surface area contributed by atoms with E-state index in [1.165, 1.54) is 6.07 Å². The molecular formula is C21H14N3O3-. The largest absolute Gasteiger partial charge is 0.872 e. The smallest absolute Gasteiger partial charge is 0.352 e. The maximum absolute atomic E-state index is 11.9. The number of hydrogen-bond donors (Lipinski definition) is 4. The van der Waals surface area contributed by atoms with Crippen LogP contribution >= 0.6 is 0 Å². The third-order valence-corrected chi connectivity index (χ3v) is 4.85. The van der Waals surface area contributed by atoms with Crippen LogP contribution in [0.3, 0.4) is 0 Å². The highest BCUT2D eigenvalue weighted by molar-refractivity contribution is 6.05. The van der Waals surface area contributed by atoms with Gasteiger partial charge in [-0.25, -0.2) is 4.79 Å². The first-order valence-electron chi connectivity index (χ1n) is 8.43. The predicted octanol–water partition coefficient (Wildman–Crippen LogP) is 4.08. The molecule has 5 aromatic rings. The summed E-state index contributed by atoms with van der Waals surface area (Å²) in [4.78, 5) is 21.2. The number of benzene rings is 2. The van der Waals surface area contributed by atoms with Gasteiger partial charge in [0.25, 0.3) is 0 Å². The van der Waals surface area contributed by atoms with Crippen molar-refractivity contribution in [3.8, 4) is 28.1 Å². The zero-order valence-corrected chi connectivity index (χ0v) is 14.0. The van der Waals surface area contributed by atoms with Gasteiger partial charge in [-0.15, -0.1) is 5.75 Å². The van der Waals surface area contributed by atoms with Gasteiger partial charge in [-0.3, -0.25) is 0 Å². The molecule has 0 atom stereocenters. The van der Waals surface area contributed by atoms with Crippen LogP contribution in [0.15, 0.2) is 60.9 Å². The first-order chi connectivity index (χ1) is 13.1. The van der Waals surface area contributed by atoms with Gasteiger partial charge in [-0.1, -0.05) is 30.3 Å². The van der Waals surface area contributed by atoms with Crippen molar-refractivity contribution in [3.05, 3.63) is 66.6 Å². The summed E-state index contributed by atoms with van der Waals surface area (Å²) in [5, 5.41) is 23.2. The molecule has 3 heterocycles. The molecule has 27 heavy (non-hydrogen) atoms. The molecule has 0 unspecified atom stereocenters. The molecule has 0 aliphatic heterocycles. The number of aromatic nitrogens is 3. The number of nitrogens with one attached hydrogen (secondary N) is 3. The Morgan fingerprint density at radius 3 is 2.41 bits per heavy atom. The predicted molar refractivity (Wildman–Crippen MR) is 102 cm³/mol. The quantitative estimate of drug-likeness (QED) is 0.391. The molecular weight excluding hydrogens is 342 g/mol. The van der Waals surface area contributed by atoms with Crippen molar-refractivity contribution < 1.29 is 15.0 Å². The van der Waals surface area contributed by atoms with E-state index in [1.807, 2.05) is 36.5 Å².